The fraction of sp³-hybridized carbons (Fsp3) is 0.182. The maximum Gasteiger partial charge on any atom is 0.275 e. The molecular weight excluding hydrogens is 340 g/mol. The number of hydrogen-bond donors (Lipinski definition) is 2. The standard InChI is InChI=1S/C22H22N2O3/c1-2-3-12-27-19-10-8-16(9-11-19)15-23-24-22(26)20-13-17-6-4-5-7-18(17)14-21(20)25/h4-11,13-15,25H,2-3,12H2,1H3,(H,24,26)/b23-15+. The summed E-state index contributed by atoms with van der Waals surface area (Å²) < 4.78 is 5.61. The zero-order chi connectivity index (χ0) is 19.1. The minimum atomic E-state index is -0.464. The van der Waals surface area contributed by atoms with Crippen LogP contribution in [0.4, 0.5) is 0 Å². The Hall–Kier alpha value is -3.34. The molecule has 0 spiro atoms. The number of nitrogens with zero attached hydrogens (tertiary/aromatic N) is 1. The number of nitrogens with one attached hydrogen (secondary N) is 1. The highest BCUT2D eigenvalue weighted by Gasteiger charge is 2.11. The summed E-state index contributed by atoms with van der Waals surface area (Å²) in [4.78, 5) is 12.3. The van der Waals surface area contributed by atoms with Gasteiger partial charge in [-0.1, -0.05) is 37.6 Å². The average molecular weight is 362 g/mol. The molecule has 3 aromatic rings. The highest BCUT2D eigenvalue weighted by atomic mass is 16.5. The third-order valence-corrected chi connectivity index (χ3v) is 4.14. The van der Waals surface area contributed by atoms with Crippen molar-refractivity contribution in [1.82, 2.24) is 5.43 Å². The van der Waals surface area contributed by atoms with E-state index in [1.807, 2.05) is 48.5 Å². The number of hydrazone groups is 1. The Morgan fingerprint density at radius 1 is 1.11 bits per heavy atom. The number of unbranched alkanes of at least 4 members (excludes halogenated alkanes) is 1. The first-order valence-electron chi connectivity index (χ1n) is 8.95. The molecule has 0 saturated heterocycles. The van der Waals surface area contributed by atoms with Crippen LogP contribution in [0.2, 0.25) is 0 Å². The molecule has 0 saturated carbocycles. The van der Waals surface area contributed by atoms with Crippen molar-refractivity contribution < 1.29 is 14.6 Å². The Bertz CT molecular complexity index is 949. The predicted octanol–water partition coefficient (Wildman–Crippen LogP) is 4.49. The van der Waals surface area contributed by atoms with Crippen LogP contribution in [0.15, 0.2) is 65.8 Å². The molecule has 1 amide bonds. The van der Waals surface area contributed by atoms with E-state index in [0.29, 0.717) is 6.61 Å². The van der Waals surface area contributed by atoms with Crippen molar-refractivity contribution in [1.29, 1.82) is 0 Å². The number of amides is 1. The van der Waals surface area contributed by atoms with Gasteiger partial charge in [-0.2, -0.15) is 5.10 Å². The Balaban J connectivity index is 1.62. The number of benzene rings is 3. The molecule has 0 unspecified atom stereocenters. The fourth-order valence-corrected chi connectivity index (χ4v) is 2.62. The molecule has 0 radical (unpaired) electrons. The highest BCUT2D eigenvalue weighted by molar-refractivity contribution is 6.01. The lowest BCUT2D eigenvalue weighted by atomic mass is 10.1. The largest absolute Gasteiger partial charge is 0.507 e. The van der Waals surface area contributed by atoms with Gasteiger partial charge in [-0.15, -0.1) is 0 Å². The predicted molar refractivity (Wildman–Crippen MR) is 108 cm³/mol. The zero-order valence-corrected chi connectivity index (χ0v) is 15.2. The molecule has 0 aliphatic heterocycles. The number of carbonyl (C=O) groups excluding carboxylic acids is 1. The molecule has 0 bridgehead atoms. The molecule has 0 heterocycles. The Morgan fingerprint density at radius 2 is 1.81 bits per heavy atom. The first-order valence-corrected chi connectivity index (χ1v) is 8.95. The number of hydrogen-bond acceptors (Lipinski definition) is 4. The van der Waals surface area contributed by atoms with E-state index in [2.05, 4.69) is 17.5 Å². The van der Waals surface area contributed by atoms with Crippen LogP contribution in [0.3, 0.4) is 0 Å². The molecule has 5 nitrogen and oxygen atoms in total. The monoisotopic (exact) mass is 362 g/mol. The van der Waals surface area contributed by atoms with Gasteiger partial charge < -0.3 is 9.84 Å². The molecule has 3 aromatic carbocycles. The second-order valence-corrected chi connectivity index (χ2v) is 6.19. The van der Waals surface area contributed by atoms with Crippen LogP contribution in [0, 0.1) is 0 Å². The van der Waals surface area contributed by atoms with Crippen molar-refractivity contribution in [3.8, 4) is 11.5 Å². The van der Waals surface area contributed by atoms with Crippen molar-refractivity contribution in [2.24, 2.45) is 5.10 Å². The third-order valence-electron chi connectivity index (χ3n) is 4.14. The minimum Gasteiger partial charge on any atom is -0.507 e. The summed E-state index contributed by atoms with van der Waals surface area (Å²) in [5.74, 6) is 0.273. The summed E-state index contributed by atoms with van der Waals surface area (Å²) in [5.41, 5.74) is 3.47. The molecule has 0 aromatic heterocycles. The fourth-order valence-electron chi connectivity index (χ4n) is 2.62. The first-order chi connectivity index (χ1) is 13.2. The summed E-state index contributed by atoms with van der Waals surface area (Å²) in [6, 6.07) is 18.2. The van der Waals surface area contributed by atoms with Crippen molar-refractivity contribution >= 4 is 22.9 Å². The summed E-state index contributed by atoms with van der Waals surface area (Å²) in [7, 11) is 0. The lowest BCUT2D eigenvalue weighted by molar-refractivity contribution is 0.0952. The van der Waals surface area contributed by atoms with Gasteiger partial charge in [0.2, 0.25) is 0 Å². The first kappa shape index (κ1) is 18.5. The summed E-state index contributed by atoms with van der Waals surface area (Å²) in [6.45, 7) is 2.82. The van der Waals surface area contributed by atoms with Crippen LogP contribution in [0.25, 0.3) is 10.8 Å². The normalized spacial score (nSPS) is 11.0. The molecule has 27 heavy (non-hydrogen) atoms. The minimum absolute atomic E-state index is 0.0741. The number of ether oxygens (including phenoxy) is 1. The quantitative estimate of drug-likeness (QED) is 0.370. The van der Waals surface area contributed by atoms with Gasteiger partial charge in [0.15, 0.2) is 0 Å². The molecule has 0 fully saturated rings. The van der Waals surface area contributed by atoms with Crippen molar-refractivity contribution in [3.05, 3.63) is 71.8 Å². The van der Waals surface area contributed by atoms with Gasteiger partial charge in [0.05, 0.1) is 18.4 Å². The van der Waals surface area contributed by atoms with Crippen LogP contribution < -0.4 is 10.2 Å². The van der Waals surface area contributed by atoms with E-state index >= 15 is 0 Å². The second kappa shape index (κ2) is 8.85. The number of carbonyl (C=O) groups is 1. The molecule has 2 N–H and O–H groups in total. The highest BCUT2D eigenvalue weighted by Crippen LogP contribution is 2.24. The second-order valence-electron chi connectivity index (χ2n) is 6.19. The molecule has 138 valence electrons. The van der Waals surface area contributed by atoms with Crippen molar-refractivity contribution in [2.45, 2.75) is 19.8 Å². The topological polar surface area (TPSA) is 70.9 Å². The third kappa shape index (κ3) is 4.85. The van der Waals surface area contributed by atoms with E-state index in [1.54, 1.807) is 18.3 Å². The van der Waals surface area contributed by atoms with Crippen LogP contribution in [-0.4, -0.2) is 23.8 Å². The van der Waals surface area contributed by atoms with Gasteiger partial charge in [-0.3, -0.25) is 4.79 Å². The number of phenols is 1. The van der Waals surface area contributed by atoms with Gasteiger partial charge in [0.25, 0.3) is 5.91 Å². The van der Waals surface area contributed by atoms with Crippen LogP contribution in [0.1, 0.15) is 35.7 Å². The van der Waals surface area contributed by atoms with E-state index in [1.165, 1.54) is 0 Å². The Kier molecular flexibility index (Phi) is 6.05. The van der Waals surface area contributed by atoms with E-state index in [0.717, 1.165) is 34.9 Å². The van der Waals surface area contributed by atoms with Crippen LogP contribution in [-0.2, 0) is 0 Å². The lowest BCUT2D eigenvalue weighted by Crippen LogP contribution is -2.17. The maximum atomic E-state index is 12.3. The zero-order valence-electron chi connectivity index (χ0n) is 15.2. The van der Waals surface area contributed by atoms with Gasteiger partial charge in [0.1, 0.15) is 11.5 Å². The van der Waals surface area contributed by atoms with Crippen molar-refractivity contribution in [2.75, 3.05) is 6.61 Å². The smallest absolute Gasteiger partial charge is 0.275 e. The van der Waals surface area contributed by atoms with E-state index < -0.39 is 5.91 Å². The van der Waals surface area contributed by atoms with E-state index in [9.17, 15) is 9.90 Å². The van der Waals surface area contributed by atoms with Gasteiger partial charge in [-0.25, -0.2) is 5.43 Å². The maximum absolute atomic E-state index is 12.3. The molecule has 3 rings (SSSR count). The van der Waals surface area contributed by atoms with Gasteiger partial charge in [-0.05, 0) is 59.2 Å². The van der Waals surface area contributed by atoms with Gasteiger partial charge >= 0.3 is 0 Å². The number of fused-ring (bicyclic) bond motifs is 1. The Labute approximate surface area is 158 Å². The van der Waals surface area contributed by atoms with Crippen LogP contribution >= 0.6 is 0 Å². The molecule has 0 aliphatic rings. The SMILES string of the molecule is CCCCOc1ccc(/C=N/NC(=O)c2cc3ccccc3cc2O)cc1. The number of rotatable bonds is 7. The van der Waals surface area contributed by atoms with Crippen molar-refractivity contribution in [3.63, 3.8) is 0 Å². The summed E-state index contributed by atoms with van der Waals surface area (Å²) >= 11 is 0. The molecule has 0 atom stereocenters. The van der Waals surface area contributed by atoms with E-state index in [4.69, 9.17) is 4.74 Å². The van der Waals surface area contributed by atoms with Crippen LogP contribution in [0.5, 0.6) is 11.5 Å². The number of aromatic hydroxyl groups is 1. The average Bonchev–Trinajstić information content (AvgIpc) is 2.68. The lowest BCUT2D eigenvalue weighted by Gasteiger charge is -2.06. The molecule has 0 aliphatic carbocycles. The number of phenolic OH excluding ortho intramolecular Hbond substituents is 1. The Morgan fingerprint density at radius 3 is 2.52 bits per heavy atom. The molecule has 5 heteroatoms. The van der Waals surface area contributed by atoms with Gasteiger partial charge in [0, 0.05) is 0 Å². The summed E-state index contributed by atoms with van der Waals surface area (Å²) in [5, 5.41) is 15.8. The van der Waals surface area contributed by atoms with E-state index in [-0.39, 0.29) is 11.3 Å². The summed E-state index contributed by atoms with van der Waals surface area (Å²) in [6.07, 6.45) is 3.67. The molecular formula is C22H22N2O3.